The molecule has 0 unspecified atom stereocenters. The zero-order chi connectivity index (χ0) is 31.7. The summed E-state index contributed by atoms with van der Waals surface area (Å²) in [7, 11) is 0. The van der Waals surface area contributed by atoms with E-state index in [2.05, 4.69) is 20.6 Å². The Morgan fingerprint density at radius 3 is 2.07 bits per heavy atom. The zero-order valence-electron chi connectivity index (χ0n) is 21.2. The van der Waals surface area contributed by atoms with Gasteiger partial charge in [0.15, 0.2) is 5.82 Å². The highest BCUT2D eigenvalue weighted by atomic mass is 19.4. The van der Waals surface area contributed by atoms with Crippen molar-refractivity contribution in [3.05, 3.63) is 47.5 Å². The summed E-state index contributed by atoms with van der Waals surface area (Å²) in [6, 6.07) is 6.87. The third-order valence-electron chi connectivity index (χ3n) is 5.76. The van der Waals surface area contributed by atoms with Gasteiger partial charge in [-0.25, -0.2) is 22.9 Å². The van der Waals surface area contributed by atoms with Crippen molar-refractivity contribution in [3.8, 4) is 11.1 Å². The molecule has 42 heavy (non-hydrogen) atoms. The molecular weight excluding hydrogens is 590 g/mol. The molecule has 0 radical (unpaired) electrons. The lowest BCUT2D eigenvalue weighted by atomic mass is 9.95. The molecule has 226 valence electrons. The van der Waals surface area contributed by atoms with Crippen molar-refractivity contribution in [2.75, 3.05) is 5.32 Å². The molecule has 1 aliphatic carbocycles. The highest BCUT2D eigenvalue weighted by molar-refractivity contribution is 5.99. The molecule has 0 aliphatic heterocycles. The quantitative estimate of drug-likeness (QED) is 0.233. The van der Waals surface area contributed by atoms with Gasteiger partial charge in [0, 0.05) is 29.4 Å². The van der Waals surface area contributed by atoms with Crippen LogP contribution in [0.25, 0.3) is 27.5 Å². The number of aromatic amines is 1. The number of halogens is 8. The van der Waals surface area contributed by atoms with Crippen molar-refractivity contribution in [2.45, 2.75) is 38.8 Å². The maximum absolute atomic E-state index is 14.4. The van der Waals surface area contributed by atoms with Crippen LogP contribution in [0, 0.1) is 25.6 Å². The van der Waals surface area contributed by atoms with Crippen LogP contribution in [0.3, 0.4) is 0 Å². The van der Waals surface area contributed by atoms with E-state index in [4.69, 9.17) is 19.8 Å². The number of nitrogens with zero attached hydrogens (tertiary/aromatic N) is 3. The first-order valence-electron chi connectivity index (χ1n) is 11.5. The number of carboxylic acids is 2. The van der Waals surface area contributed by atoms with Crippen LogP contribution in [0.4, 0.5) is 40.9 Å². The van der Waals surface area contributed by atoms with Gasteiger partial charge >= 0.3 is 24.3 Å². The van der Waals surface area contributed by atoms with Crippen molar-refractivity contribution < 1.29 is 59.7 Å². The summed E-state index contributed by atoms with van der Waals surface area (Å²) in [6.45, 7) is 3.64. The van der Waals surface area contributed by atoms with Crippen LogP contribution in [-0.4, -0.2) is 66.4 Å². The molecule has 0 saturated heterocycles. The number of fused-ring (bicyclic) bond motifs is 2. The maximum Gasteiger partial charge on any atom is 0.490 e. The number of amides is 1. The Balaban J connectivity index is 0.000000289. The van der Waals surface area contributed by atoms with Gasteiger partial charge in [-0.15, -0.1) is 0 Å². The van der Waals surface area contributed by atoms with Crippen LogP contribution in [0.15, 0.2) is 30.5 Å². The fourth-order valence-electron chi connectivity index (χ4n) is 3.63. The normalized spacial score (nSPS) is 16.2. The van der Waals surface area contributed by atoms with Crippen molar-refractivity contribution in [1.82, 2.24) is 19.8 Å². The highest BCUT2D eigenvalue weighted by Crippen LogP contribution is 2.36. The Hall–Kier alpha value is -4.77. The SMILES string of the molecule is Cc1c(F)cc2n[nH]c(C)c2c1-c1ccn2nc(NC(=O)[C@@H]3C[C@@H]3F)cc2c1.O=C(O)C(F)(F)F.O=C(O)C(F)(F)F. The average molecular weight is 609 g/mol. The van der Waals surface area contributed by atoms with E-state index in [0.717, 1.165) is 27.7 Å². The molecule has 4 aromatic rings. The van der Waals surface area contributed by atoms with Crippen LogP contribution < -0.4 is 5.32 Å². The van der Waals surface area contributed by atoms with Crippen LogP contribution in [0.1, 0.15) is 17.7 Å². The Labute approximate surface area is 228 Å². The van der Waals surface area contributed by atoms with E-state index < -0.39 is 36.4 Å². The lowest BCUT2D eigenvalue weighted by Crippen LogP contribution is -2.21. The number of carbonyl (C=O) groups is 3. The Bertz CT molecular complexity index is 1640. The number of pyridine rings is 1. The Kier molecular flexibility index (Phi) is 8.78. The average Bonchev–Trinajstić information content (AvgIpc) is 3.30. The van der Waals surface area contributed by atoms with Crippen molar-refractivity contribution >= 4 is 40.1 Å². The number of hydrogen-bond acceptors (Lipinski definition) is 5. The maximum atomic E-state index is 14.4. The molecule has 0 spiro atoms. The number of anilines is 1. The van der Waals surface area contributed by atoms with Gasteiger partial charge in [-0.1, -0.05) is 0 Å². The molecule has 3 aromatic heterocycles. The van der Waals surface area contributed by atoms with Gasteiger partial charge in [-0.3, -0.25) is 9.89 Å². The number of aliphatic carboxylic acids is 2. The number of carboxylic acid groups (broad SMARTS) is 2. The van der Waals surface area contributed by atoms with Gasteiger partial charge in [0.25, 0.3) is 0 Å². The van der Waals surface area contributed by atoms with Gasteiger partial charge in [0.1, 0.15) is 12.0 Å². The molecule has 1 saturated carbocycles. The molecule has 5 rings (SSSR count). The number of benzene rings is 1. The molecular formula is C24H19F8N5O5. The van der Waals surface area contributed by atoms with Gasteiger partial charge in [0.2, 0.25) is 5.91 Å². The smallest absolute Gasteiger partial charge is 0.475 e. The summed E-state index contributed by atoms with van der Waals surface area (Å²) < 4.78 is 92.6. The molecule has 4 N–H and O–H groups in total. The minimum Gasteiger partial charge on any atom is -0.475 e. The molecule has 2 atom stereocenters. The summed E-state index contributed by atoms with van der Waals surface area (Å²) in [5, 5.41) is 29.2. The number of aromatic nitrogens is 4. The standard InChI is InChI=1S/C20H17F2N5O.2C2HF3O2/c1-9-14(21)8-16-19(10(2)24-25-16)18(9)11-3-4-27-12(5-11)6-17(26-27)23-20(28)13-7-15(13)22;2*3-2(4,5)1(6)7/h3-6,8,13,15H,7H2,1-2H3,(H,24,25)(H,23,26,28);2*(H,6,7)/t13-,15+;;/m1../s1. The van der Waals surface area contributed by atoms with E-state index in [-0.39, 0.29) is 18.1 Å². The van der Waals surface area contributed by atoms with Gasteiger partial charge < -0.3 is 15.5 Å². The summed E-state index contributed by atoms with van der Waals surface area (Å²) in [6.07, 6.45) is -9.20. The first-order chi connectivity index (χ1) is 19.3. The second kappa shape index (κ2) is 11.6. The third kappa shape index (κ3) is 7.29. The third-order valence-corrected chi connectivity index (χ3v) is 5.76. The topological polar surface area (TPSA) is 150 Å². The number of alkyl halides is 7. The molecule has 1 fully saturated rings. The summed E-state index contributed by atoms with van der Waals surface area (Å²) in [5.41, 5.74) is 4.30. The first kappa shape index (κ1) is 31.8. The number of aryl methyl sites for hydroxylation is 1. The van der Waals surface area contributed by atoms with E-state index in [9.17, 15) is 39.9 Å². The number of nitrogens with one attached hydrogen (secondary N) is 2. The minimum absolute atomic E-state index is 0.266. The summed E-state index contributed by atoms with van der Waals surface area (Å²) >= 11 is 0. The van der Waals surface area contributed by atoms with E-state index in [0.29, 0.717) is 16.9 Å². The second-order valence-corrected chi connectivity index (χ2v) is 8.87. The van der Waals surface area contributed by atoms with Crippen molar-refractivity contribution in [1.29, 1.82) is 0 Å². The van der Waals surface area contributed by atoms with Crippen LogP contribution >= 0.6 is 0 Å². The predicted octanol–water partition coefficient (Wildman–Crippen LogP) is 5.20. The van der Waals surface area contributed by atoms with Gasteiger partial charge in [0.05, 0.1) is 17.0 Å². The predicted molar refractivity (Wildman–Crippen MR) is 129 cm³/mol. The zero-order valence-corrected chi connectivity index (χ0v) is 21.2. The molecule has 3 heterocycles. The fraction of sp³-hybridized carbons (Fsp3) is 0.292. The van der Waals surface area contributed by atoms with E-state index in [1.165, 1.54) is 6.07 Å². The van der Waals surface area contributed by atoms with Crippen LogP contribution in [-0.2, 0) is 14.4 Å². The van der Waals surface area contributed by atoms with Crippen molar-refractivity contribution in [2.24, 2.45) is 5.92 Å². The Morgan fingerprint density at radius 2 is 1.57 bits per heavy atom. The first-order valence-corrected chi connectivity index (χ1v) is 11.5. The monoisotopic (exact) mass is 609 g/mol. The highest BCUT2D eigenvalue weighted by Gasteiger charge is 2.44. The van der Waals surface area contributed by atoms with Gasteiger partial charge in [-0.05, 0) is 49.1 Å². The molecule has 1 amide bonds. The van der Waals surface area contributed by atoms with Crippen LogP contribution in [0.2, 0.25) is 0 Å². The molecule has 18 heteroatoms. The lowest BCUT2D eigenvalue weighted by Gasteiger charge is -2.10. The van der Waals surface area contributed by atoms with Crippen LogP contribution in [0.5, 0.6) is 0 Å². The number of H-pyrrole nitrogens is 1. The lowest BCUT2D eigenvalue weighted by molar-refractivity contribution is -0.193. The number of rotatable bonds is 3. The van der Waals surface area contributed by atoms with Crippen molar-refractivity contribution in [3.63, 3.8) is 0 Å². The minimum atomic E-state index is -5.08. The van der Waals surface area contributed by atoms with E-state index >= 15 is 0 Å². The van der Waals surface area contributed by atoms with E-state index in [1.807, 2.05) is 19.1 Å². The van der Waals surface area contributed by atoms with E-state index in [1.54, 1.807) is 23.7 Å². The molecule has 10 nitrogen and oxygen atoms in total. The number of hydrogen-bond donors (Lipinski definition) is 4. The second-order valence-electron chi connectivity index (χ2n) is 8.87. The Morgan fingerprint density at radius 1 is 1.02 bits per heavy atom. The number of carbonyl (C=O) groups excluding carboxylic acids is 1. The largest absolute Gasteiger partial charge is 0.490 e. The van der Waals surface area contributed by atoms with Gasteiger partial charge in [-0.2, -0.15) is 36.5 Å². The molecule has 0 bridgehead atoms. The summed E-state index contributed by atoms with van der Waals surface area (Å²) in [4.78, 5) is 29.7. The summed E-state index contributed by atoms with van der Waals surface area (Å²) in [5.74, 6) is -6.40. The molecule has 1 aromatic carbocycles. The fourth-order valence-corrected chi connectivity index (χ4v) is 3.63. The molecule has 1 aliphatic rings.